The molecule has 4 heteroatoms. The smallest absolute Gasteiger partial charge is 0.161 e. The summed E-state index contributed by atoms with van der Waals surface area (Å²) in [6.45, 7) is 5.98. The van der Waals surface area contributed by atoms with Crippen LogP contribution in [-0.4, -0.2) is 17.9 Å². The number of ether oxygens (including phenoxy) is 1. The third kappa shape index (κ3) is 3.95. The van der Waals surface area contributed by atoms with Crippen molar-refractivity contribution in [3.05, 3.63) is 66.0 Å². The fourth-order valence-corrected chi connectivity index (χ4v) is 2.05. The van der Waals surface area contributed by atoms with Crippen molar-refractivity contribution in [1.29, 1.82) is 0 Å². The van der Waals surface area contributed by atoms with E-state index in [2.05, 4.69) is 11.6 Å². The molecule has 0 aliphatic rings. The molecule has 0 atom stereocenters. The van der Waals surface area contributed by atoms with Crippen LogP contribution in [0, 0.1) is 5.82 Å². The Kier molecular flexibility index (Phi) is 5.31. The van der Waals surface area contributed by atoms with Gasteiger partial charge in [0, 0.05) is 11.8 Å². The molecule has 3 nitrogen and oxygen atoms in total. The van der Waals surface area contributed by atoms with Crippen LogP contribution in [0.2, 0.25) is 0 Å². The normalized spacial score (nSPS) is 10.8. The number of aliphatic imine (C=N–C) groups is 1. The van der Waals surface area contributed by atoms with Gasteiger partial charge in [-0.05, 0) is 49.2 Å². The summed E-state index contributed by atoms with van der Waals surface area (Å²) in [6, 6.07) is 9.55. The fraction of sp³-hybridized carbons (Fsp3) is 0.167. The quantitative estimate of drug-likeness (QED) is 0.634. The van der Waals surface area contributed by atoms with Gasteiger partial charge in [-0.2, -0.15) is 0 Å². The molecule has 0 spiro atoms. The average Bonchev–Trinajstić information content (AvgIpc) is 2.50. The van der Waals surface area contributed by atoms with E-state index in [9.17, 15) is 9.50 Å². The highest BCUT2D eigenvalue weighted by atomic mass is 19.1. The van der Waals surface area contributed by atoms with Crippen LogP contribution in [0.15, 0.2) is 54.0 Å². The zero-order valence-corrected chi connectivity index (χ0v) is 12.4. The maximum atomic E-state index is 13.1. The van der Waals surface area contributed by atoms with Crippen molar-refractivity contribution in [2.24, 2.45) is 4.99 Å². The molecular formula is C18H18FNO2. The van der Waals surface area contributed by atoms with E-state index in [0.717, 1.165) is 5.56 Å². The topological polar surface area (TPSA) is 41.8 Å². The molecule has 0 heterocycles. The largest absolute Gasteiger partial charge is 0.504 e. The van der Waals surface area contributed by atoms with Crippen LogP contribution in [0.25, 0.3) is 0 Å². The minimum Gasteiger partial charge on any atom is -0.504 e. The third-order valence-corrected chi connectivity index (χ3v) is 3.01. The van der Waals surface area contributed by atoms with E-state index in [4.69, 9.17) is 4.74 Å². The zero-order valence-electron chi connectivity index (χ0n) is 12.4. The Hall–Kier alpha value is -2.62. The highest BCUT2D eigenvalue weighted by molar-refractivity contribution is 5.83. The molecular weight excluding hydrogens is 281 g/mol. The number of rotatable bonds is 6. The van der Waals surface area contributed by atoms with Crippen molar-refractivity contribution < 1.29 is 14.2 Å². The van der Waals surface area contributed by atoms with Crippen LogP contribution in [0.3, 0.4) is 0 Å². The van der Waals surface area contributed by atoms with Gasteiger partial charge in [-0.3, -0.25) is 4.99 Å². The first-order valence-corrected chi connectivity index (χ1v) is 7.03. The summed E-state index contributed by atoms with van der Waals surface area (Å²) in [6.07, 6.45) is 3.84. The van der Waals surface area contributed by atoms with E-state index in [0.29, 0.717) is 30.0 Å². The Morgan fingerprint density at radius 1 is 1.32 bits per heavy atom. The van der Waals surface area contributed by atoms with Crippen molar-refractivity contribution in [2.45, 2.75) is 13.3 Å². The summed E-state index contributed by atoms with van der Waals surface area (Å²) in [7, 11) is 0. The van der Waals surface area contributed by atoms with Crippen molar-refractivity contribution in [3.63, 3.8) is 0 Å². The van der Waals surface area contributed by atoms with Gasteiger partial charge in [0.15, 0.2) is 11.5 Å². The summed E-state index contributed by atoms with van der Waals surface area (Å²) in [4.78, 5) is 4.24. The van der Waals surface area contributed by atoms with Crippen LogP contribution in [-0.2, 0) is 6.42 Å². The highest BCUT2D eigenvalue weighted by Crippen LogP contribution is 2.32. The second-order valence-corrected chi connectivity index (χ2v) is 4.69. The van der Waals surface area contributed by atoms with E-state index in [-0.39, 0.29) is 11.6 Å². The zero-order chi connectivity index (χ0) is 15.9. The average molecular weight is 299 g/mol. The lowest BCUT2D eigenvalue weighted by molar-refractivity contribution is 0.317. The standard InChI is InChI=1S/C18H18FNO2/c1-3-6-14-9-13(10-17(18(14)21)22-4-2)12-20-16-8-5-7-15(19)11-16/h3,5,7-12,21H,1,4,6H2,2H3. The van der Waals surface area contributed by atoms with Crippen molar-refractivity contribution in [1.82, 2.24) is 0 Å². The van der Waals surface area contributed by atoms with E-state index < -0.39 is 0 Å². The SMILES string of the molecule is C=CCc1cc(C=Nc2cccc(F)c2)cc(OCC)c1O. The van der Waals surface area contributed by atoms with E-state index in [1.54, 1.807) is 30.5 Å². The molecule has 1 N–H and O–H groups in total. The van der Waals surface area contributed by atoms with E-state index in [1.165, 1.54) is 12.1 Å². The van der Waals surface area contributed by atoms with Gasteiger partial charge in [-0.15, -0.1) is 6.58 Å². The van der Waals surface area contributed by atoms with Crippen LogP contribution < -0.4 is 4.74 Å². The molecule has 0 saturated carbocycles. The molecule has 2 aromatic rings. The first kappa shape index (κ1) is 15.8. The van der Waals surface area contributed by atoms with Crippen LogP contribution in [0.5, 0.6) is 11.5 Å². The van der Waals surface area contributed by atoms with Crippen molar-refractivity contribution in [2.75, 3.05) is 6.61 Å². The van der Waals surface area contributed by atoms with Gasteiger partial charge in [-0.1, -0.05) is 12.1 Å². The number of benzene rings is 2. The van der Waals surface area contributed by atoms with Gasteiger partial charge < -0.3 is 9.84 Å². The number of aromatic hydroxyl groups is 1. The number of halogens is 1. The predicted molar refractivity (Wildman–Crippen MR) is 86.8 cm³/mol. The number of phenols is 1. The van der Waals surface area contributed by atoms with Gasteiger partial charge in [0.1, 0.15) is 5.82 Å². The number of allylic oxidation sites excluding steroid dienone is 1. The van der Waals surface area contributed by atoms with E-state index >= 15 is 0 Å². The maximum Gasteiger partial charge on any atom is 0.161 e. The van der Waals surface area contributed by atoms with Crippen LogP contribution in [0.4, 0.5) is 10.1 Å². The molecule has 0 radical (unpaired) electrons. The lowest BCUT2D eigenvalue weighted by Gasteiger charge is -2.10. The summed E-state index contributed by atoms with van der Waals surface area (Å²) < 4.78 is 18.6. The number of nitrogens with zero attached hydrogens (tertiary/aromatic N) is 1. The number of hydrogen-bond donors (Lipinski definition) is 1. The van der Waals surface area contributed by atoms with Gasteiger partial charge >= 0.3 is 0 Å². The minimum atomic E-state index is -0.331. The minimum absolute atomic E-state index is 0.115. The van der Waals surface area contributed by atoms with E-state index in [1.807, 2.05) is 13.0 Å². The lowest BCUT2D eigenvalue weighted by Crippen LogP contribution is -1.96. The molecule has 0 aliphatic heterocycles. The molecule has 0 fully saturated rings. The highest BCUT2D eigenvalue weighted by Gasteiger charge is 2.09. The molecule has 0 amide bonds. The van der Waals surface area contributed by atoms with Crippen LogP contribution >= 0.6 is 0 Å². The maximum absolute atomic E-state index is 13.1. The molecule has 0 saturated heterocycles. The fourth-order valence-electron chi connectivity index (χ4n) is 2.05. The predicted octanol–water partition coefficient (Wildman–Crippen LogP) is 4.41. The molecule has 22 heavy (non-hydrogen) atoms. The molecule has 2 rings (SSSR count). The monoisotopic (exact) mass is 299 g/mol. The summed E-state index contributed by atoms with van der Waals surface area (Å²) in [5.74, 6) is 0.190. The molecule has 2 aromatic carbocycles. The summed E-state index contributed by atoms with van der Waals surface area (Å²) >= 11 is 0. The Balaban J connectivity index is 2.35. The van der Waals surface area contributed by atoms with Gasteiger partial charge in [0.2, 0.25) is 0 Å². The third-order valence-electron chi connectivity index (χ3n) is 3.01. The first-order chi connectivity index (χ1) is 10.6. The number of phenolic OH excluding ortho intramolecular Hbond substituents is 1. The summed E-state index contributed by atoms with van der Waals surface area (Å²) in [5, 5.41) is 10.1. The first-order valence-electron chi connectivity index (χ1n) is 7.03. The molecule has 0 aromatic heterocycles. The van der Waals surface area contributed by atoms with Gasteiger partial charge in [-0.25, -0.2) is 4.39 Å². The van der Waals surface area contributed by atoms with Crippen LogP contribution in [0.1, 0.15) is 18.1 Å². The Bertz CT molecular complexity index is 695. The molecule has 114 valence electrons. The lowest BCUT2D eigenvalue weighted by atomic mass is 10.1. The Labute approximate surface area is 129 Å². The molecule has 0 unspecified atom stereocenters. The van der Waals surface area contributed by atoms with Gasteiger partial charge in [0.25, 0.3) is 0 Å². The Morgan fingerprint density at radius 2 is 2.14 bits per heavy atom. The van der Waals surface area contributed by atoms with Crippen molar-refractivity contribution >= 4 is 11.9 Å². The molecule has 0 bridgehead atoms. The van der Waals surface area contributed by atoms with Gasteiger partial charge in [0.05, 0.1) is 12.3 Å². The second kappa shape index (κ2) is 7.41. The second-order valence-electron chi connectivity index (χ2n) is 4.69. The van der Waals surface area contributed by atoms with Crippen molar-refractivity contribution in [3.8, 4) is 11.5 Å². The Morgan fingerprint density at radius 3 is 2.82 bits per heavy atom. The summed E-state index contributed by atoms with van der Waals surface area (Å²) in [5.41, 5.74) is 2.00. The molecule has 0 aliphatic carbocycles. The number of hydrogen-bond acceptors (Lipinski definition) is 3.